The molecule has 3 aromatic carbocycles. The topological polar surface area (TPSA) is 169 Å². The van der Waals surface area contributed by atoms with Crippen LogP contribution in [-0.2, 0) is 25.8 Å². The van der Waals surface area contributed by atoms with Crippen LogP contribution in [0.3, 0.4) is 0 Å². The molecule has 0 radical (unpaired) electrons. The summed E-state index contributed by atoms with van der Waals surface area (Å²) < 4.78 is 69.9. The first-order valence-corrected chi connectivity index (χ1v) is 16.2. The Bertz CT molecular complexity index is 2050. The van der Waals surface area contributed by atoms with Crippen LogP contribution in [0, 0.1) is 12.1 Å². The molecule has 0 unspecified atom stereocenters. The van der Waals surface area contributed by atoms with Gasteiger partial charge in [-0.05, 0) is 62.2 Å². The SMILES string of the molecule is Cc1ccc(-c2cc(C(F)(F)F)nn2-c2ccc(S(=O)(=O)NC(=O)[C@@H]3CCCN3/[N+]([O-])=N/OCN3C(=O)c4ccccc4C3=O)cc2)cc1. The third-order valence-electron chi connectivity index (χ3n) is 7.91. The number of amides is 3. The van der Waals surface area contributed by atoms with E-state index in [4.69, 9.17) is 4.84 Å². The predicted octanol–water partition coefficient (Wildman–Crippen LogP) is 4.20. The van der Waals surface area contributed by atoms with E-state index in [-0.39, 0.29) is 45.3 Å². The number of aromatic nitrogens is 2. The lowest BCUT2D eigenvalue weighted by atomic mass is 10.1. The molecule has 14 nitrogen and oxygen atoms in total. The van der Waals surface area contributed by atoms with Gasteiger partial charge in [-0.25, -0.2) is 22.7 Å². The molecule has 0 aliphatic carbocycles. The zero-order valence-corrected chi connectivity index (χ0v) is 26.3. The maximum Gasteiger partial charge on any atom is 0.435 e. The average Bonchev–Trinajstić information content (AvgIpc) is 3.80. The summed E-state index contributed by atoms with van der Waals surface area (Å²) in [5, 5.41) is 20.6. The van der Waals surface area contributed by atoms with Gasteiger partial charge in [-0.2, -0.15) is 18.3 Å². The molecule has 2 aliphatic heterocycles. The summed E-state index contributed by atoms with van der Waals surface area (Å²) in [7, 11) is -4.50. The lowest BCUT2D eigenvalue weighted by Gasteiger charge is -2.19. The molecule has 0 bridgehead atoms. The van der Waals surface area contributed by atoms with E-state index in [0.717, 1.165) is 38.4 Å². The molecule has 6 rings (SSSR count). The number of hydrazine groups is 1. The third-order valence-corrected chi connectivity index (χ3v) is 9.28. The van der Waals surface area contributed by atoms with Gasteiger partial charge in [0.1, 0.15) is 0 Å². The molecule has 1 atom stereocenters. The molecule has 254 valence electrons. The van der Waals surface area contributed by atoms with Gasteiger partial charge in [0, 0.05) is 5.56 Å². The second-order valence-corrected chi connectivity index (χ2v) is 12.8. The van der Waals surface area contributed by atoms with E-state index >= 15 is 0 Å². The highest BCUT2D eigenvalue weighted by atomic mass is 32.2. The van der Waals surface area contributed by atoms with E-state index in [1.807, 2.05) is 11.6 Å². The Morgan fingerprint density at radius 2 is 1.67 bits per heavy atom. The number of fused-ring (bicyclic) bond motifs is 1. The summed E-state index contributed by atoms with van der Waals surface area (Å²) >= 11 is 0. The number of carbonyl (C=O) groups is 3. The second kappa shape index (κ2) is 12.7. The van der Waals surface area contributed by atoms with E-state index in [2.05, 4.69) is 10.4 Å². The van der Waals surface area contributed by atoms with Gasteiger partial charge < -0.3 is 10.0 Å². The minimum Gasteiger partial charge on any atom is -0.569 e. The fourth-order valence-corrected chi connectivity index (χ4v) is 6.44. The van der Waals surface area contributed by atoms with Crippen molar-refractivity contribution < 1.29 is 45.8 Å². The number of alkyl halides is 3. The lowest BCUT2D eigenvalue weighted by Crippen LogP contribution is -2.47. The maximum absolute atomic E-state index is 13.6. The third kappa shape index (κ3) is 6.54. The Kier molecular flexibility index (Phi) is 8.57. The molecule has 3 heterocycles. The van der Waals surface area contributed by atoms with Gasteiger partial charge in [0.15, 0.2) is 11.7 Å². The van der Waals surface area contributed by atoms with Crippen molar-refractivity contribution in [3.05, 3.63) is 106 Å². The first kappa shape index (κ1) is 33.1. The summed E-state index contributed by atoms with van der Waals surface area (Å²) in [6, 6.07) is 17.2. The fraction of sp³-hybridized carbons (Fsp3) is 0.226. The smallest absolute Gasteiger partial charge is 0.435 e. The van der Waals surface area contributed by atoms with Gasteiger partial charge in [-0.1, -0.05) is 42.0 Å². The number of benzene rings is 3. The standard InChI is InChI=1S/C31H26F3N7O7S/c1-19-8-10-20(11-9-19)26-17-27(31(32,33)34)35-40(26)21-12-14-22(15-13-21)49(46,47)36-28(42)25-7-4-16-39(25)41(45)37-48-18-38-29(43)23-5-2-3-6-24(23)30(38)44/h2-3,5-6,8-15,17,25H,4,7,16,18H2,1H3,(H,36,42)/b41-37-/t25-/m0/s1. The predicted molar refractivity (Wildman–Crippen MR) is 163 cm³/mol. The Morgan fingerprint density at radius 3 is 2.29 bits per heavy atom. The highest BCUT2D eigenvalue weighted by Crippen LogP contribution is 2.33. The van der Waals surface area contributed by atoms with Gasteiger partial charge in [0.25, 0.3) is 27.7 Å². The maximum atomic E-state index is 13.6. The van der Waals surface area contributed by atoms with E-state index in [1.54, 1.807) is 36.4 Å². The minimum absolute atomic E-state index is 0.0172. The fourth-order valence-electron chi connectivity index (χ4n) is 5.43. The zero-order valence-electron chi connectivity index (χ0n) is 25.5. The van der Waals surface area contributed by atoms with Crippen molar-refractivity contribution in [2.75, 3.05) is 13.3 Å². The number of sulfonamides is 1. The molecule has 2 aliphatic rings. The van der Waals surface area contributed by atoms with Gasteiger partial charge in [0.2, 0.25) is 12.0 Å². The molecule has 1 aromatic heterocycles. The van der Waals surface area contributed by atoms with Crippen molar-refractivity contribution in [1.29, 1.82) is 0 Å². The summed E-state index contributed by atoms with van der Waals surface area (Å²) in [6.45, 7) is 1.17. The van der Waals surface area contributed by atoms with E-state index in [1.165, 1.54) is 24.3 Å². The average molecular weight is 698 g/mol. The molecule has 1 saturated heterocycles. The normalized spacial score (nSPS) is 16.7. The Labute approximate surface area is 276 Å². The molecular formula is C31H26F3N7O7S. The van der Waals surface area contributed by atoms with Crippen LogP contribution in [0.15, 0.2) is 89.0 Å². The number of rotatable bonds is 9. The van der Waals surface area contributed by atoms with E-state index in [9.17, 15) is 41.2 Å². The van der Waals surface area contributed by atoms with Crippen LogP contribution >= 0.6 is 0 Å². The van der Waals surface area contributed by atoms with E-state index < -0.39 is 52.4 Å². The number of hydrogen-bond acceptors (Lipinski definition) is 9. The van der Waals surface area contributed by atoms with Crippen LogP contribution in [0.1, 0.15) is 44.8 Å². The summed E-state index contributed by atoms with van der Waals surface area (Å²) in [5.41, 5.74) is 0.805. The van der Waals surface area contributed by atoms with Crippen LogP contribution in [-0.4, -0.2) is 70.1 Å². The van der Waals surface area contributed by atoms with Crippen LogP contribution in [0.25, 0.3) is 16.9 Å². The van der Waals surface area contributed by atoms with Crippen molar-refractivity contribution in [3.63, 3.8) is 0 Å². The number of imide groups is 1. The van der Waals surface area contributed by atoms with Crippen LogP contribution in [0.5, 0.6) is 0 Å². The minimum atomic E-state index is -4.73. The number of hydrogen-bond donors (Lipinski definition) is 1. The summed E-state index contributed by atoms with van der Waals surface area (Å²) in [4.78, 5) is 43.2. The summed E-state index contributed by atoms with van der Waals surface area (Å²) in [6.07, 6.45) is -4.31. The second-order valence-electron chi connectivity index (χ2n) is 11.2. The van der Waals surface area contributed by atoms with Crippen LogP contribution in [0.2, 0.25) is 0 Å². The van der Waals surface area contributed by atoms with Crippen LogP contribution < -0.4 is 4.72 Å². The summed E-state index contributed by atoms with van der Waals surface area (Å²) in [5.74, 6) is -2.30. The molecule has 1 fully saturated rings. The van der Waals surface area contributed by atoms with Crippen molar-refractivity contribution >= 4 is 27.7 Å². The molecular weight excluding hydrogens is 671 g/mol. The monoisotopic (exact) mass is 697 g/mol. The Hall–Kier alpha value is -5.78. The Morgan fingerprint density at radius 1 is 1.04 bits per heavy atom. The molecule has 1 N–H and O–H groups in total. The van der Waals surface area contributed by atoms with Crippen molar-refractivity contribution in [3.8, 4) is 16.9 Å². The molecule has 3 amide bonds. The quantitative estimate of drug-likeness (QED) is 0.117. The zero-order chi connectivity index (χ0) is 35.1. The first-order valence-electron chi connectivity index (χ1n) is 14.7. The van der Waals surface area contributed by atoms with Gasteiger partial charge >= 0.3 is 6.18 Å². The number of aryl methyl sites for hydroxylation is 1. The van der Waals surface area contributed by atoms with Crippen molar-refractivity contribution in [1.82, 2.24) is 24.4 Å². The van der Waals surface area contributed by atoms with Gasteiger partial charge in [-0.3, -0.25) is 14.4 Å². The van der Waals surface area contributed by atoms with Gasteiger partial charge in [0.05, 0.1) is 38.9 Å². The lowest BCUT2D eigenvalue weighted by molar-refractivity contribution is -0.712. The molecule has 4 aromatic rings. The van der Waals surface area contributed by atoms with Crippen molar-refractivity contribution in [2.24, 2.45) is 5.28 Å². The van der Waals surface area contributed by atoms with Gasteiger partial charge in [-0.15, -0.1) is 5.01 Å². The number of nitrogens with one attached hydrogen (secondary N) is 1. The molecule has 0 spiro atoms. The highest BCUT2D eigenvalue weighted by Gasteiger charge is 2.40. The molecule has 0 saturated carbocycles. The number of nitrogens with zero attached hydrogens (tertiary/aromatic N) is 6. The molecule has 49 heavy (non-hydrogen) atoms. The number of halogens is 3. The number of carbonyl (C=O) groups excluding carboxylic acids is 3. The molecule has 18 heteroatoms. The largest absolute Gasteiger partial charge is 0.569 e. The first-order chi connectivity index (χ1) is 23.2. The highest BCUT2D eigenvalue weighted by molar-refractivity contribution is 7.90. The Balaban J connectivity index is 1.13. The van der Waals surface area contributed by atoms with Crippen molar-refractivity contribution in [2.45, 2.75) is 36.9 Å². The van der Waals surface area contributed by atoms with Crippen LogP contribution in [0.4, 0.5) is 13.2 Å². The van der Waals surface area contributed by atoms with E-state index in [0.29, 0.717) is 12.0 Å².